The predicted octanol–water partition coefficient (Wildman–Crippen LogP) is 3.16. The van der Waals surface area contributed by atoms with E-state index in [0.29, 0.717) is 6.04 Å². The molecule has 3 heteroatoms. The van der Waals surface area contributed by atoms with Gasteiger partial charge in [0.05, 0.1) is 17.3 Å². The lowest BCUT2D eigenvalue weighted by molar-refractivity contribution is 0.243. The largest absolute Gasteiger partial charge is 0.381 e. The SMILES string of the molecule is C#CCN1CCC(Nc2ccc(C)cc2Cl)CC1. The van der Waals surface area contributed by atoms with Gasteiger partial charge in [-0.3, -0.25) is 4.90 Å². The zero-order chi connectivity index (χ0) is 13.0. The minimum Gasteiger partial charge on any atom is -0.381 e. The molecule has 0 aromatic heterocycles. The summed E-state index contributed by atoms with van der Waals surface area (Å²) in [5.41, 5.74) is 2.23. The van der Waals surface area contributed by atoms with Gasteiger partial charge in [0.1, 0.15) is 0 Å². The van der Waals surface area contributed by atoms with Crippen molar-refractivity contribution in [1.29, 1.82) is 0 Å². The second-order valence-electron chi connectivity index (χ2n) is 4.88. The van der Waals surface area contributed by atoms with Crippen molar-refractivity contribution in [3.05, 3.63) is 28.8 Å². The highest BCUT2D eigenvalue weighted by atomic mass is 35.5. The van der Waals surface area contributed by atoms with Gasteiger partial charge in [-0.15, -0.1) is 6.42 Å². The minimum atomic E-state index is 0.499. The zero-order valence-corrected chi connectivity index (χ0v) is 11.5. The van der Waals surface area contributed by atoms with E-state index in [1.165, 1.54) is 5.56 Å². The van der Waals surface area contributed by atoms with Gasteiger partial charge < -0.3 is 5.32 Å². The first-order valence-corrected chi connectivity index (χ1v) is 6.75. The van der Waals surface area contributed by atoms with Crippen LogP contribution in [0.5, 0.6) is 0 Å². The summed E-state index contributed by atoms with van der Waals surface area (Å²) < 4.78 is 0. The van der Waals surface area contributed by atoms with E-state index >= 15 is 0 Å². The Kier molecular flexibility index (Phi) is 4.52. The monoisotopic (exact) mass is 262 g/mol. The molecule has 1 aromatic carbocycles. The molecule has 1 aliphatic rings. The number of nitrogens with zero attached hydrogens (tertiary/aromatic N) is 1. The molecule has 1 fully saturated rings. The number of piperidine rings is 1. The fourth-order valence-corrected chi connectivity index (χ4v) is 2.61. The van der Waals surface area contributed by atoms with Crippen LogP contribution < -0.4 is 5.32 Å². The molecule has 1 heterocycles. The van der Waals surface area contributed by atoms with Crippen molar-refractivity contribution in [2.24, 2.45) is 0 Å². The van der Waals surface area contributed by atoms with Crippen molar-refractivity contribution in [1.82, 2.24) is 4.90 Å². The minimum absolute atomic E-state index is 0.499. The topological polar surface area (TPSA) is 15.3 Å². The third-order valence-corrected chi connectivity index (χ3v) is 3.70. The highest BCUT2D eigenvalue weighted by Gasteiger charge is 2.18. The van der Waals surface area contributed by atoms with Crippen molar-refractivity contribution in [2.75, 3.05) is 25.0 Å². The smallest absolute Gasteiger partial charge is 0.0640 e. The summed E-state index contributed by atoms with van der Waals surface area (Å²) in [6, 6.07) is 6.64. The lowest BCUT2D eigenvalue weighted by Gasteiger charge is -2.31. The molecule has 0 spiro atoms. The highest BCUT2D eigenvalue weighted by molar-refractivity contribution is 6.33. The van der Waals surface area contributed by atoms with Gasteiger partial charge in [-0.2, -0.15) is 0 Å². The molecule has 2 rings (SSSR count). The molecule has 1 saturated heterocycles. The number of halogens is 1. The first-order chi connectivity index (χ1) is 8.69. The molecule has 18 heavy (non-hydrogen) atoms. The molecule has 0 amide bonds. The molecule has 0 atom stereocenters. The van der Waals surface area contributed by atoms with Crippen molar-refractivity contribution < 1.29 is 0 Å². The van der Waals surface area contributed by atoms with E-state index in [1.54, 1.807) is 0 Å². The molecule has 0 unspecified atom stereocenters. The maximum absolute atomic E-state index is 6.23. The number of hydrogen-bond donors (Lipinski definition) is 1. The summed E-state index contributed by atoms with van der Waals surface area (Å²) >= 11 is 6.23. The molecule has 0 radical (unpaired) electrons. The Morgan fingerprint density at radius 1 is 1.44 bits per heavy atom. The molecule has 0 saturated carbocycles. The Hall–Kier alpha value is -1.17. The Morgan fingerprint density at radius 2 is 2.17 bits per heavy atom. The predicted molar refractivity (Wildman–Crippen MR) is 78.1 cm³/mol. The van der Waals surface area contributed by atoms with Crippen LogP contribution in [0, 0.1) is 19.3 Å². The summed E-state index contributed by atoms with van der Waals surface area (Å²) in [7, 11) is 0. The van der Waals surface area contributed by atoms with E-state index in [9.17, 15) is 0 Å². The van der Waals surface area contributed by atoms with Crippen LogP contribution in [0.1, 0.15) is 18.4 Å². The van der Waals surface area contributed by atoms with Gasteiger partial charge in [0.15, 0.2) is 0 Å². The normalized spacial score (nSPS) is 17.4. The molecule has 96 valence electrons. The van der Waals surface area contributed by atoms with E-state index in [1.807, 2.05) is 13.0 Å². The first kappa shape index (κ1) is 13.3. The molecule has 1 N–H and O–H groups in total. The maximum atomic E-state index is 6.23. The fourth-order valence-electron chi connectivity index (χ4n) is 2.32. The average molecular weight is 263 g/mol. The molecular formula is C15H19ClN2. The Labute approximate surface area is 114 Å². The summed E-state index contributed by atoms with van der Waals surface area (Å²) in [6.07, 6.45) is 7.56. The zero-order valence-electron chi connectivity index (χ0n) is 10.7. The van der Waals surface area contributed by atoms with Gasteiger partial charge in [-0.25, -0.2) is 0 Å². The van der Waals surface area contributed by atoms with Gasteiger partial charge in [0.25, 0.3) is 0 Å². The van der Waals surface area contributed by atoms with Crippen LogP contribution in [-0.2, 0) is 0 Å². The molecule has 0 bridgehead atoms. The lowest BCUT2D eigenvalue weighted by Crippen LogP contribution is -2.39. The van der Waals surface area contributed by atoms with Crippen LogP contribution in [-0.4, -0.2) is 30.6 Å². The number of anilines is 1. The summed E-state index contributed by atoms with van der Waals surface area (Å²) in [6.45, 7) is 4.93. The number of terminal acetylenes is 1. The van der Waals surface area contributed by atoms with Crippen LogP contribution in [0.2, 0.25) is 5.02 Å². The molecule has 1 aromatic rings. The van der Waals surface area contributed by atoms with Crippen LogP contribution in [0.3, 0.4) is 0 Å². The summed E-state index contributed by atoms with van der Waals surface area (Å²) in [5, 5.41) is 4.34. The number of rotatable bonds is 3. The summed E-state index contributed by atoms with van der Waals surface area (Å²) in [4.78, 5) is 2.31. The highest BCUT2D eigenvalue weighted by Crippen LogP contribution is 2.25. The van der Waals surface area contributed by atoms with Gasteiger partial charge >= 0.3 is 0 Å². The van der Waals surface area contributed by atoms with Gasteiger partial charge in [-0.1, -0.05) is 23.6 Å². The van der Waals surface area contributed by atoms with Crippen LogP contribution in [0.4, 0.5) is 5.69 Å². The number of hydrogen-bond acceptors (Lipinski definition) is 2. The number of nitrogens with one attached hydrogen (secondary N) is 1. The van der Waals surface area contributed by atoms with Gasteiger partial charge in [-0.05, 0) is 37.5 Å². The number of likely N-dealkylation sites (tertiary alicyclic amines) is 1. The first-order valence-electron chi connectivity index (χ1n) is 6.37. The standard InChI is InChI=1S/C15H19ClN2/c1-3-8-18-9-6-13(7-10-18)17-15-5-4-12(2)11-14(15)16/h1,4-5,11,13,17H,6-10H2,2H3. The van der Waals surface area contributed by atoms with Crippen LogP contribution in [0.25, 0.3) is 0 Å². The third-order valence-electron chi connectivity index (χ3n) is 3.39. The third kappa shape index (κ3) is 3.41. The average Bonchev–Trinajstić information content (AvgIpc) is 2.35. The Bertz CT molecular complexity index is 442. The maximum Gasteiger partial charge on any atom is 0.0640 e. The van der Waals surface area contributed by atoms with E-state index < -0.39 is 0 Å². The van der Waals surface area contributed by atoms with Gasteiger partial charge in [0.2, 0.25) is 0 Å². The van der Waals surface area contributed by atoms with E-state index in [4.69, 9.17) is 18.0 Å². The van der Waals surface area contributed by atoms with Crippen LogP contribution in [0.15, 0.2) is 18.2 Å². The molecule has 0 aliphatic carbocycles. The van der Waals surface area contributed by atoms with E-state index in [0.717, 1.165) is 43.2 Å². The Balaban J connectivity index is 1.90. The summed E-state index contributed by atoms with van der Waals surface area (Å²) in [5.74, 6) is 2.70. The second kappa shape index (κ2) is 6.13. The van der Waals surface area contributed by atoms with Crippen molar-refractivity contribution >= 4 is 17.3 Å². The number of aryl methyl sites for hydroxylation is 1. The quantitative estimate of drug-likeness (QED) is 0.842. The van der Waals surface area contributed by atoms with Crippen LogP contribution >= 0.6 is 11.6 Å². The van der Waals surface area contributed by atoms with Crippen molar-refractivity contribution in [3.8, 4) is 12.3 Å². The van der Waals surface area contributed by atoms with E-state index in [2.05, 4.69) is 28.3 Å². The fraction of sp³-hybridized carbons (Fsp3) is 0.467. The lowest BCUT2D eigenvalue weighted by atomic mass is 10.0. The second-order valence-corrected chi connectivity index (χ2v) is 5.29. The Morgan fingerprint density at radius 3 is 2.78 bits per heavy atom. The molecule has 1 aliphatic heterocycles. The molecule has 2 nitrogen and oxygen atoms in total. The van der Waals surface area contributed by atoms with Crippen molar-refractivity contribution in [2.45, 2.75) is 25.8 Å². The number of benzene rings is 1. The van der Waals surface area contributed by atoms with E-state index in [-0.39, 0.29) is 0 Å². The van der Waals surface area contributed by atoms with Crippen molar-refractivity contribution in [3.63, 3.8) is 0 Å². The van der Waals surface area contributed by atoms with Gasteiger partial charge in [0, 0.05) is 19.1 Å². The molecular weight excluding hydrogens is 244 g/mol.